The van der Waals surface area contributed by atoms with Crippen molar-refractivity contribution in [2.45, 2.75) is 44.7 Å². The Labute approximate surface area is 228 Å². The number of sulfonamides is 1. The molecule has 0 aliphatic heterocycles. The van der Waals surface area contributed by atoms with Crippen molar-refractivity contribution in [2.75, 3.05) is 17.4 Å². The molecular formula is C28H31ClFN3O4S. The number of nitrogens with one attached hydrogen (secondary N) is 1. The first kappa shape index (κ1) is 29.1. The minimum absolute atomic E-state index is 0.0114. The van der Waals surface area contributed by atoms with Crippen LogP contribution in [0, 0.1) is 12.7 Å². The van der Waals surface area contributed by atoms with Gasteiger partial charge in [-0.2, -0.15) is 0 Å². The first-order chi connectivity index (χ1) is 18.0. The van der Waals surface area contributed by atoms with Gasteiger partial charge in [0.05, 0.1) is 10.6 Å². The third-order valence-corrected chi connectivity index (χ3v) is 7.99. The van der Waals surface area contributed by atoms with Gasteiger partial charge in [0, 0.05) is 18.1 Å². The molecule has 1 atom stereocenters. The van der Waals surface area contributed by atoms with E-state index in [4.69, 9.17) is 11.6 Å². The van der Waals surface area contributed by atoms with Gasteiger partial charge in [-0.1, -0.05) is 42.8 Å². The van der Waals surface area contributed by atoms with Crippen LogP contribution < -0.4 is 9.62 Å². The number of hydrogen-bond donors (Lipinski definition) is 1. The Morgan fingerprint density at radius 2 is 1.68 bits per heavy atom. The third-order valence-electron chi connectivity index (χ3n) is 5.95. The fraction of sp³-hybridized carbons (Fsp3) is 0.286. The number of benzene rings is 3. The molecule has 2 amide bonds. The largest absolute Gasteiger partial charge is 0.354 e. The molecule has 0 heterocycles. The van der Waals surface area contributed by atoms with Crippen molar-refractivity contribution >= 4 is 39.1 Å². The fourth-order valence-corrected chi connectivity index (χ4v) is 5.34. The van der Waals surface area contributed by atoms with Crippen LogP contribution in [0.3, 0.4) is 0 Å². The van der Waals surface area contributed by atoms with E-state index in [1.54, 1.807) is 25.1 Å². The molecule has 0 radical (unpaired) electrons. The van der Waals surface area contributed by atoms with Crippen LogP contribution in [0.4, 0.5) is 10.1 Å². The molecule has 10 heteroatoms. The second-order valence-corrected chi connectivity index (χ2v) is 11.2. The highest BCUT2D eigenvalue weighted by atomic mass is 35.5. The minimum Gasteiger partial charge on any atom is -0.354 e. The lowest BCUT2D eigenvalue weighted by Gasteiger charge is -2.32. The van der Waals surface area contributed by atoms with Gasteiger partial charge in [-0.05, 0) is 79.9 Å². The number of rotatable bonds is 11. The highest BCUT2D eigenvalue weighted by molar-refractivity contribution is 7.92. The SMILES string of the molecule is CCCNC(=O)[C@@H](C)N(Cc1ccc(F)cc1)C(=O)CN(c1cccc(C)c1)S(=O)(=O)c1ccc(Cl)cc1. The number of carbonyl (C=O) groups excluding carboxylic acids is 2. The lowest BCUT2D eigenvalue weighted by molar-refractivity contribution is -0.139. The van der Waals surface area contributed by atoms with Gasteiger partial charge in [-0.15, -0.1) is 0 Å². The van der Waals surface area contributed by atoms with E-state index in [0.29, 0.717) is 29.2 Å². The standard InChI is InChI=1S/C28H31ClFN3O4S/c1-4-16-31-28(35)21(3)32(18-22-8-12-24(30)13-9-22)27(34)19-33(25-7-5-6-20(2)17-25)38(36,37)26-14-10-23(29)11-15-26/h5-15,17,21H,4,16,18-19H2,1-3H3,(H,31,35)/t21-/m1/s1. The summed E-state index contributed by atoms with van der Waals surface area (Å²) in [7, 11) is -4.18. The Morgan fingerprint density at radius 3 is 2.29 bits per heavy atom. The first-order valence-corrected chi connectivity index (χ1v) is 14.0. The molecule has 3 aromatic rings. The van der Waals surface area contributed by atoms with Gasteiger partial charge in [0.2, 0.25) is 11.8 Å². The Bertz CT molecular complexity index is 1370. The maximum absolute atomic E-state index is 13.8. The summed E-state index contributed by atoms with van der Waals surface area (Å²) >= 11 is 5.96. The highest BCUT2D eigenvalue weighted by Gasteiger charge is 2.32. The average molecular weight is 560 g/mol. The molecule has 1 N–H and O–H groups in total. The van der Waals surface area contributed by atoms with E-state index in [-0.39, 0.29) is 17.3 Å². The summed E-state index contributed by atoms with van der Waals surface area (Å²) in [5, 5.41) is 3.15. The second-order valence-electron chi connectivity index (χ2n) is 8.92. The van der Waals surface area contributed by atoms with Crippen LogP contribution in [0.1, 0.15) is 31.4 Å². The Balaban J connectivity index is 2.01. The van der Waals surface area contributed by atoms with Gasteiger partial charge in [0.25, 0.3) is 10.0 Å². The molecule has 0 bridgehead atoms. The average Bonchev–Trinajstić information content (AvgIpc) is 2.89. The molecule has 7 nitrogen and oxygen atoms in total. The van der Waals surface area contributed by atoms with Crippen LogP contribution in [-0.2, 0) is 26.2 Å². The lowest BCUT2D eigenvalue weighted by atomic mass is 10.1. The number of amides is 2. The Hall–Kier alpha value is -3.43. The summed E-state index contributed by atoms with van der Waals surface area (Å²) in [6.45, 7) is 5.18. The third kappa shape index (κ3) is 7.33. The van der Waals surface area contributed by atoms with Crippen LogP contribution >= 0.6 is 11.6 Å². The van der Waals surface area contributed by atoms with Crippen molar-refractivity contribution < 1.29 is 22.4 Å². The predicted octanol–water partition coefficient (Wildman–Crippen LogP) is 4.93. The molecule has 0 aliphatic rings. The highest BCUT2D eigenvalue weighted by Crippen LogP contribution is 2.26. The van der Waals surface area contributed by atoms with Gasteiger partial charge in [0.1, 0.15) is 18.4 Å². The molecule has 0 fully saturated rings. The van der Waals surface area contributed by atoms with Crippen LogP contribution in [0.2, 0.25) is 5.02 Å². The Kier molecular flexibility index (Phi) is 9.88. The number of halogens is 2. The van der Waals surface area contributed by atoms with E-state index in [0.717, 1.165) is 9.87 Å². The van der Waals surface area contributed by atoms with Crippen LogP contribution in [-0.4, -0.2) is 44.3 Å². The van der Waals surface area contributed by atoms with Gasteiger partial charge >= 0.3 is 0 Å². The molecule has 0 saturated heterocycles. The molecule has 0 unspecified atom stereocenters. The topological polar surface area (TPSA) is 86.8 Å². The van der Waals surface area contributed by atoms with Gasteiger partial charge < -0.3 is 10.2 Å². The molecule has 0 aromatic heterocycles. The molecule has 3 rings (SSSR count). The van der Waals surface area contributed by atoms with Crippen molar-refractivity contribution in [1.82, 2.24) is 10.2 Å². The molecule has 0 spiro atoms. The summed E-state index contributed by atoms with van der Waals surface area (Å²) in [6.07, 6.45) is 0.713. The number of aryl methyl sites for hydroxylation is 1. The summed E-state index contributed by atoms with van der Waals surface area (Å²) < 4.78 is 42.0. The number of anilines is 1. The second kappa shape index (κ2) is 12.9. The van der Waals surface area contributed by atoms with Crippen molar-refractivity contribution in [1.29, 1.82) is 0 Å². The summed E-state index contributed by atoms with van der Waals surface area (Å²) in [5.41, 5.74) is 1.71. The zero-order valence-electron chi connectivity index (χ0n) is 21.5. The van der Waals surface area contributed by atoms with Crippen molar-refractivity contribution in [3.05, 3.63) is 94.8 Å². The van der Waals surface area contributed by atoms with Gasteiger partial charge in [-0.3, -0.25) is 13.9 Å². The normalized spacial score (nSPS) is 12.0. The molecular weight excluding hydrogens is 529 g/mol. The molecule has 0 aliphatic carbocycles. The van der Waals surface area contributed by atoms with E-state index >= 15 is 0 Å². The maximum Gasteiger partial charge on any atom is 0.264 e. The molecule has 0 saturated carbocycles. The number of nitrogens with zero attached hydrogens (tertiary/aromatic N) is 2. The summed E-state index contributed by atoms with van der Waals surface area (Å²) in [4.78, 5) is 27.9. The quantitative estimate of drug-likeness (QED) is 0.361. The molecule has 202 valence electrons. The smallest absolute Gasteiger partial charge is 0.264 e. The van der Waals surface area contributed by atoms with Crippen LogP contribution in [0.15, 0.2) is 77.7 Å². The Morgan fingerprint density at radius 1 is 1.03 bits per heavy atom. The summed E-state index contributed by atoms with van der Waals surface area (Å²) in [5.74, 6) is -1.39. The van der Waals surface area contributed by atoms with E-state index in [2.05, 4.69) is 5.32 Å². The zero-order chi connectivity index (χ0) is 27.9. The number of carbonyl (C=O) groups is 2. The molecule has 38 heavy (non-hydrogen) atoms. The lowest BCUT2D eigenvalue weighted by Crippen LogP contribution is -2.51. The van der Waals surface area contributed by atoms with E-state index < -0.39 is 34.3 Å². The maximum atomic E-state index is 13.8. The predicted molar refractivity (Wildman–Crippen MR) is 147 cm³/mol. The zero-order valence-corrected chi connectivity index (χ0v) is 23.1. The van der Waals surface area contributed by atoms with Crippen LogP contribution in [0.25, 0.3) is 0 Å². The van der Waals surface area contributed by atoms with Crippen molar-refractivity contribution in [2.24, 2.45) is 0 Å². The summed E-state index contributed by atoms with van der Waals surface area (Å²) in [6, 6.07) is 17.2. The van der Waals surface area contributed by atoms with E-state index in [1.807, 2.05) is 19.9 Å². The van der Waals surface area contributed by atoms with Gasteiger partial charge in [0.15, 0.2) is 0 Å². The van der Waals surface area contributed by atoms with E-state index in [1.165, 1.54) is 53.4 Å². The van der Waals surface area contributed by atoms with Crippen molar-refractivity contribution in [3.63, 3.8) is 0 Å². The fourth-order valence-electron chi connectivity index (χ4n) is 3.81. The monoisotopic (exact) mass is 559 g/mol. The van der Waals surface area contributed by atoms with Crippen molar-refractivity contribution in [3.8, 4) is 0 Å². The molecule has 3 aromatic carbocycles. The van der Waals surface area contributed by atoms with E-state index in [9.17, 15) is 22.4 Å². The minimum atomic E-state index is -4.18. The first-order valence-electron chi connectivity index (χ1n) is 12.2. The van der Waals surface area contributed by atoms with Gasteiger partial charge in [-0.25, -0.2) is 12.8 Å². The number of hydrogen-bond acceptors (Lipinski definition) is 4. The van der Waals surface area contributed by atoms with Crippen LogP contribution in [0.5, 0.6) is 0 Å².